The molecular formula is C28H30ClN3O3S. The number of hydrogen-bond donors (Lipinski definition) is 1. The number of halogens is 1. The molecular weight excluding hydrogens is 494 g/mol. The van der Waals surface area contributed by atoms with Gasteiger partial charge in [-0.15, -0.1) is 0 Å². The number of benzene rings is 2. The van der Waals surface area contributed by atoms with Gasteiger partial charge in [-0.05, 0) is 63.3 Å². The van der Waals surface area contributed by atoms with E-state index < -0.39 is 17.6 Å². The Morgan fingerprint density at radius 2 is 1.89 bits per heavy atom. The maximum atomic E-state index is 13.4. The van der Waals surface area contributed by atoms with Crippen LogP contribution < -0.4 is 5.32 Å². The number of hydrogen-bond acceptors (Lipinski definition) is 6. The Balaban J connectivity index is 1.65. The van der Waals surface area contributed by atoms with Gasteiger partial charge >= 0.3 is 5.97 Å². The molecule has 2 aliphatic heterocycles. The maximum absolute atomic E-state index is 13.4. The Morgan fingerprint density at radius 1 is 1.17 bits per heavy atom. The molecule has 2 aromatic carbocycles. The molecule has 0 spiro atoms. The van der Waals surface area contributed by atoms with E-state index in [0.29, 0.717) is 21.5 Å². The number of rotatable bonds is 6. The van der Waals surface area contributed by atoms with Crippen LogP contribution in [0.1, 0.15) is 64.3 Å². The van der Waals surface area contributed by atoms with E-state index >= 15 is 0 Å². The molecule has 0 saturated heterocycles. The number of amidine groups is 1. The van der Waals surface area contributed by atoms with Gasteiger partial charge in [-0.25, -0.2) is 9.79 Å². The summed E-state index contributed by atoms with van der Waals surface area (Å²) in [4.78, 5) is 33.1. The monoisotopic (exact) mass is 523 g/mol. The van der Waals surface area contributed by atoms with Crippen LogP contribution in [0.2, 0.25) is 5.02 Å². The van der Waals surface area contributed by atoms with Crippen LogP contribution in [-0.4, -0.2) is 27.5 Å². The van der Waals surface area contributed by atoms with Gasteiger partial charge in [0, 0.05) is 10.7 Å². The predicted molar refractivity (Wildman–Crippen MR) is 145 cm³/mol. The lowest BCUT2D eigenvalue weighted by Crippen LogP contribution is -2.39. The molecule has 0 bridgehead atoms. The Morgan fingerprint density at radius 3 is 2.56 bits per heavy atom. The lowest BCUT2D eigenvalue weighted by molar-refractivity contribution is -0.150. The van der Waals surface area contributed by atoms with Gasteiger partial charge in [0.2, 0.25) is 5.91 Å². The molecule has 1 N–H and O–H groups in total. The number of amides is 1. The molecule has 2 aromatic rings. The van der Waals surface area contributed by atoms with Crippen LogP contribution in [0.15, 0.2) is 82.0 Å². The molecule has 2 atom stereocenters. The average Bonchev–Trinajstić information content (AvgIpc) is 3.19. The van der Waals surface area contributed by atoms with E-state index in [1.165, 1.54) is 11.8 Å². The lowest BCUT2D eigenvalue weighted by Gasteiger charge is -2.37. The molecule has 0 fully saturated rings. The lowest BCUT2D eigenvalue weighted by atomic mass is 9.93. The minimum absolute atomic E-state index is 0.116. The minimum atomic E-state index is -0.668. The van der Waals surface area contributed by atoms with Gasteiger partial charge in [-0.3, -0.25) is 4.79 Å². The van der Waals surface area contributed by atoms with E-state index in [1.54, 1.807) is 6.07 Å². The highest BCUT2D eigenvalue weighted by Gasteiger charge is 2.42. The summed E-state index contributed by atoms with van der Waals surface area (Å²) < 4.78 is 5.76. The largest absolute Gasteiger partial charge is 0.456 e. The van der Waals surface area contributed by atoms with Crippen LogP contribution in [-0.2, 0) is 14.3 Å². The Labute approximate surface area is 221 Å². The van der Waals surface area contributed by atoms with Gasteiger partial charge < -0.3 is 15.0 Å². The number of nitrogens with one attached hydrogen (secondary N) is 1. The van der Waals surface area contributed by atoms with Crippen molar-refractivity contribution >= 4 is 40.4 Å². The number of carbonyl (C=O) groups excluding carboxylic acids is 2. The summed E-state index contributed by atoms with van der Waals surface area (Å²) in [7, 11) is 0. The van der Waals surface area contributed by atoms with Crippen molar-refractivity contribution in [3.8, 4) is 0 Å². The zero-order valence-corrected chi connectivity index (χ0v) is 22.6. The number of esters is 1. The number of aliphatic imine (C=N–C) groups is 1. The molecule has 36 heavy (non-hydrogen) atoms. The summed E-state index contributed by atoms with van der Waals surface area (Å²) in [6.07, 6.45) is 0.140. The topological polar surface area (TPSA) is 71.0 Å². The molecule has 6 nitrogen and oxygen atoms in total. The first-order valence-electron chi connectivity index (χ1n) is 11.8. The first-order valence-corrected chi connectivity index (χ1v) is 13.1. The molecule has 2 unspecified atom stereocenters. The number of nitrogens with zero attached hydrogens (tertiary/aromatic N) is 2. The second kappa shape index (κ2) is 10.5. The average molecular weight is 524 g/mol. The Kier molecular flexibility index (Phi) is 7.62. The first kappa shape index (κ1) is 26.0. The summed E-state index contributed by atoms with van der Waals surface area (Å²) in [5.74, 6) is -0.555. The first-order chi connectivity index (χ1) is 17.0. The van der Waals surface area contributed by atoms with Crippen molar-refractivity contribution in [2.75, 3.05) is 0 Å². The minimum Gasteiger partial charge on any atom is -0.456 e. The summed E-state index contributed by atoms with van der Waals surface area (Å²) in [6.45, 7) is 9.28. The second-order valence-corrected chi connectivity index (χ2v) is 11.1. The number of carbonyl (C=O) groups is 2. The molecule has 8 heteroatoms. The Bertz CT molecular complexity index is 1260. The molecule has 1 amide bonds. The molecule has 0 aliphatic carbocycles. The molecule has 0 saturated carbocycles. The normalized spacial score (nSPS) is 18.3. The smallest absolute Gasteiger partial charge is 0.338 e. The predicted octanol–water partition coefficient (Wildman–Crippen LogP) is 6.52. The van der Waals surface area contributed by atoms with Crippen molar-refractivity contribution in [2.45, 2.75) is 58.7 Å². The van der Waals surface area contributed by atoms with E-state index in [4.69, 9.17) is 21.3 Å². The van der Waals surface area contributed by atoms with Gasteiger partial charge in [0.15, 0.2) is 5.17 Å². The number of allylic oxidation sites excluding steroid dienone is 1. The van der Waals surface area contributed by atoms with Gasteiger partial charge in [-0.2, -0.15) is 0 Å². The van der Waals surface area contributed by atoms with E-state index in [1.807, 2.05) is 93.5 Å². The molecule has 2 aliphatic rings. The van der Waals surface area contributed by atoms with Crippen molar-refractivity contribution in [3.63, 3.8) is 0 Å². The highest BCUT2D eigenvalue weighted by molar-refractivity contribution is 8.16. The molecule has 2 heterocycles. The van der Waals surface area contributed by atoms with Crippen LogP contribution in [0, 0.1) is 0 Å². The van der Waals surface area contributed by atoms with Gasteiger partial charge in [0.05, 0.1) is 29.8 Å². The van der Waals surface area contributed by atoms with Crippen molar-refractivity contribution in [2.24, 2.45) is 4.99 Å². The third-order valence-electron chi connectivity index (χ3n) is 5.80. The van der Waals surface area contributed by atoms with Crippen LogP contribution in [0.25, 0.3) is 0 Å². The van der Waals surface area contributed by atoms with Crippen molar-refractivity contribution < 1.29 is 14.3 Å². The van der Waals surface area contributed by atoms with Gasteiger partial charge in [0.25, 0.3) is 0 Å². The second-order valence-electron chi connectivity index (χ2n) is 9.83. The fourth-order valence-corrected chi connectivity index (χ4v) is 5.40. The van der Waals surface area contributed by atoms with Crippen LogP contribution in [0.4, 0.5) is 0 Å². The summed E-state index contributed by atoms with van der Waals surface area (Å²) in [5.41, 5.74) is 2.96. The summed E-state index contributed by atoms with van der Waals surface area (Å²) in [5, 5.41) is 6.27. The summed E-state index contributed by atoms with van der Waals surface area (Å²) >= 11 is 7.79. The van der Waals surface area contributed by atoms with Gasteiger partial charge in [-0.1, -0.05) is 65.8 Å². The van der Waals surface area contributed by atoms with E-state index in [0.717, 1.165) is 16.8 Å². The quantitative estimate of drug-likeness (QED) is 0.436. The number of ether oxygens (including phenoxy) is 1. The fourth-order valence-electron chi connectivity index (χ4n) is 4.24. The Hall–Kier alpha value is -3.03. The fraction of sp³-hybridized carbons (Fsp3) is 0.321. The highest BCUT2D eigenvalue weighted by atomic mass is 35.5. The molecule has 0 radical (unpaired) electrons. The van der Waals surface area contributed by atoms with Crippen molar-refractivity contribution in [1.82, 2.24) is 10.2 Å². The van der Waals surface area contributed by atoms with Crippen LogP contribution >= 0.6 is 23.4 Å². The van der Waals surface area contributed by atoms with E-state index in [-0.39, 0.29) is 18.4 Å². The molecule has 188 valence electrons. The third kappa shape index (κ3) is 5.85. The third-order valence-corrected chi connectivity index (χ3v) is 6.93. The molecule has 0 aromatic heterocycles. The maximum Gasteiger partial charge on any atom is 0.338 e. The van der Waals surface area contributed by atoms with Gasteiger partial charge in [0.1, 0.15) is 5.60 Å². The SMILES string of the molecule is CC1=C(C(=O)OC(C)(C)C)C(c2cccc(Cl)c2)N2C(CC(=O)NC(C)c3ccccc3)=CSC2=N1. The van der Waals surface area contributed by atoms with Crippen molar-refractivity contribution in [1.29, 1.82) is 0 Å². The summed E-state index contributed by atoms with van der Waals surface area (Å²) in [6, 6.07) is 16.6. The zero-order valence-electron chi connectivity index (χ0n) is 21.0. The van der Waals surface area contributed by atoms with E-state index in [2.05, 4.69) is 5.32 Å². The van der Waals surface area contributed by atoms with E-state index in [9.17, 15) is 9.59 Å². The van der Waals surface area contributed by atoms with Crippen molar-refractivity contribution in [3.05, 3.63) is 93.1 Å². The van der Waals surface area contributed by atoms with Crippen LogP contribution in [0.3, 0.4) is 0 Å². The highest BCUT2D eigenvalue weighted by Crippen LogP contribution is 2.45. The standard InChI is InChI=1S/C28H30ClN3O3S/c1-17(19-10-7-6-8-11-19)30-23(33)15-22-16-36-27-31-18(2)24(26(34)35-28(3,4)5)25(32(22)27)20-12-9-13-21(29)14-20/h6-14,16-17,25H,15H2,1-5H3,(H,30,33). The molecule has 4 rings (SSSR count). The van der Waals surface area contributed by atoms with Crippen LogP contribution in [0.5, 0.6) is 0 Å². The zero-order chi connectivity index (χ0) is 26.0. The number of fused-ring (bicyclic) bond motifs is 1. The number of thioether (sulfide) groups is 1.